The van der Waals surface area contributed by atoms with E-state index in [9.17, 15) is 0 Å². The molecule has 0 aromatic carbocycles. The van der Waals surface area contributed by atoms with E-state index in [1.54, 1.807) is 0 Å². The van der Waals surface area contributed by atoms with Crippen LogP contribution in [0.15, 0.2) is 0 Å². The standard InChI is InChI=1S/C12H23ClO2/c1-11-7-6-8-12(15-11)14-10-5-3-2-4-9-13/h11-12H,2-10H2,1H3. The lowest BCUT2D eigenvalue weighted by Crippen LogP contribution is -2.28. The molecule has 1 fully saturated rings. The number of halogens is 1. The molecule has 0 bridgehead atoms. The summed E-state index contributed by atoms with van der Waals surface area (Å²) in [4.78, 5) is 0. The van der Waals surface area contributed by atoms with Gasteiger partial charge in [0, 0.05) is 12.5 Å². The Morgan fingerprint density at radius 2 is 2.00 bits per heavy atom. The molecule has 1 rings (SSSR count). The highest BCUT2D eigenvalue weighted by Gasteiger charge is 2.18. The van der Waals surface area contributed by atoms with Crippen molar-refractivity contribution in [2.45, 2.75) is 64.3 Å². The average molecular weight is 235 g/mol. The van der Waals surface area contributed by atoms with Gasteiger partial charge in [0.25, 0.3) is 0 Å². The van der Waals surface area contributed by atoms with Crippen LogP contribution in [0.4, 0.5) is 0 Å². The van der Waals surface area contributed by atoms with Crippen molar-refractivity contribution < 1.29 is 9.47 Å². The highest BCUT2D eigenvalue weighted by atomic mass is 35.5. The lowest BCUT2D eigenvalue weighted by Gasteiger charge is -2.27. The number of alkyl halides is 1. The minimum absolute atomic E-state index is 0.0572. The van der Waals surface area contributed by atoms with E-state index in [1.807, 2.05) is 0 Å². The predicted octanol–water partition coefficient (Wildman–Crippen LogP) is 3.72. The fourth-order valence-corrected chi connectivity index (χ4v) is 2.04. The Bertz CT molecular complexity index is 153. The lowest BCUT2D eigenvalue weighted by molar-refractivity contribution is -0.189. The fraction of sp³-hybridized carbons (Fsp3) is 1.00. The molecule has 0 saturated carbocycles. The first-order valence-electron chi connectivity index (χ1n) is 6.16. The van der Waals surface area contributed by atoms with Crippen LogP contribution in [0.1, 0.15) is 51.9 Å². The quantitative estimate of drug-likeness (QED) is 0.494. The van der Waals surface area contributed by atoms with E-state index in [0.29, 0.717) is 6.10 Å². The topological polar surface area (TPSA) is 18.5 Å². The first-order chi connectivity index (χ1) is 7.33. The van der Waals surface area contributed by atoms with Crippen molar-refractivity contribution in [2.75, 3.05) is 12.5 Å². The van der Waals surface area contributed by atoms with E-state index in [2.05, 4.69) is 6.92 Å². The summed E-state index contributed by atoms with van der Waals surface area (Å²) < 4.78 is 11.3. The first-order valence-corrected chi connectivity index (χ1v) is 6.69. The maximum atomic E-state index is 5.68. The van der Waals surface area contributed by atoms with Gasteiger partial charge in [0.2, 0.25) is 0 Å². The van der Waals surface area contributed by atoms with Crippen LogP contribution in [0, 0.1) is 0 Å². The monoisotopic (exact) mass is 234 g/mol. The Labute approximate surface area is 98.3 Å². The molecule has 0 spiro atoms. The molecule has 1 aliphatic rings. The van der Waals surface area contributed by atoms with Gasteiger partial charge in [-0.2, -0.15) is 0 Å². The summed E-state index contributed by atoms with van der Waals surface area (Å²) in [5.41, 5.74) is 0. The molecule has 2 nitrogen and oxygen atoms in total. The van der Waals surface area contributed by atoms with Crippen molar-refractivity contribution in [3.63, 3.8) is 0 Å². The van der Waals surface area contributed by atoms with Gasteiger partial charge in [-0.1, -0.05) is 12.8 Å². The van der Waals surface area contributed by atoms with Crippen LogP contribution < -0.4 is 0 Å². The molecule has 0 amide bonds. The number of ether oxygens (including phenoxy) is 2. The summed E-state index contributed by atoms with van der Waals surface area (Å²) in [5, 5.41) is 0. The summed E-state index contributed by atoms with van der Waals surface area (Å²) in [6.45, 7) is 2.95. The van der Waals surface area contributed by atoms with Gasteiger partial charge in [0.05, 0.1) is 6.10 Å². The molecule has 1 saturated heterocycles. The van der Waals surface area contributed by atoms with Crippen LogP contribution in [0.2, 0.25) is 0 Å². The molecular formula is C12H23ClO2. The fourth-order valence-electron chi connectivity index (χ4n) is 1.85. The Morgan fingerprint density at radius 3 is 2.73 bits per heavy atom. The normalized spacial score (nSPS) is 26.8. The third kappa shape index (κ3) is 6.39. The van der Waals surface area contributed by atoms with E-state index in [4.69, 9.17) is 21.1 Å². The van der Waals surface area contributed by atoms with Gasteiger partial charge in [-0.25, -0.2) is 0 Å². The maximum Gasteiger partial charge on any atom is 0.157 e. The van der Waals surface area contributed by atoms with Crippen LogP contribution >= 0.6 is 11.6 Å². The third-order valence-corrected chi connectivity index (χ3v) is 3.03. The highest BCUT2D eigenvalue weighted by Crippen LogP contribution is 2.19. The second-order valence-electron chi connectivity index (χ2n) is 4.28. The van der Waals surface area contributed by atoms with Gasteiger partial charge in [0.15, 0.2) is 6.29 Å². The van der Waals surface area contributed by atoms with E-state index in [0.717, 1.165) is 31.7 Å². The van der Waals surface area contributed by atoms with Crippen molar-refractivity contribution >= 4 is 11.6 Å². The number of hydrogen-bond acceptors (Lipinski definition) is 2. The molecule has 3 heteroatoms. The van der Waals surface area contributed by atoms with E-state index in [1.165, 1.54) is 25.7 Å². The molecule has 2 unspecified atom stereocenters. The van der Waals surface area contributed by atoms with Crippen LogP contribution in [-0.2, 0) is 9.47 Å². The molecule has 0 aliphatic carbocycles. The number of hydrogen-bond donors (Lipinski definition) is 0. The molecule has 0 aromatic rings. The van der Waals surface area contributed by atoms with Gasteiger partial charge in [-0.3, -0.25) is 0 Å². The van der Waals surface area contributed by atoms with Gasteiger partial charge in [0.1, 0.15) is 0 Å². The minimum Gasteiger partial charge on any atom is -0.353 e. The second-order valence-corrected chi connectivity index (χ2v) is 4.66. The smallest absolute Gasteiger partial charge is 0.157 e. The molecule has 1 aliphatic heterocycles. The van der Waals surface area contributed by atoms with E-state index in [-0.39, 0.29) is 6.29 Å². The van der Waals surface area contributed by atoms with Gasteiger partial charge in [-0.15, -0.1) is 11.6 Å². The van der Waals surface area contributed by atoms with Gasteiger partial charge in [-0.05, 0) is 39.0 Å². The Balaban J connectivity index is 1.90. The highest BCUT2D eigenvalue weighted by molar-refractivity contribution is 6.17. The molecule has 1 heterocycles. The zero-order chi connectivity index (χ0) is 10.9. The van der Waals surface area contributed by atoms with Crippen LogP contribution in [0.3, 0.4) is 0 Å². The molecule has 0 radical (unpaired) electrons. The van der Waals surface area contributed by atoms with Crippen molar-refractivity contribution in [3.05, 3.63) is 0 Å². The maximum absolute atomic E-state index is 5.68. The summed E-state index contributed by atoms with van der Waals surface area (Å²) in [6.07, 6.45) is 8.59. The Hall–Kier alpha value is 0.210. The zero-order valence-electron chi connectivity index (χ0n) is 9.71. The predicted molar refractivity (Wildman–Crippen MR) is 63.3 cm³/mol. The third-order valence-electron chi connectivity index (χ3n) is 2.77. The average Bonchev–Trinajstić information content (AvgIpc) is 2.23. The minimum atomic E-state index is 0.0572. The van der Waals surface area contributed by atoms with Gasteiger partial charge < -0.3 is 9.47 Å². The number of unbranched alkanes of at least 4 members (excludes halogenated alkanes) is 3. The van der Waals surface area contributed by atoms with E-state index >= 15 is 0 Å². The Kier molecular flexibility index (Phi) is 7.41. The zero-order valence-corrected chi connectivity index (χ0v) is 10.5. The first kappa shape index (κ1) is 13.3. The molecule has 2 atom stereocenters. The summed E-state index contributed by atoms with van der Waals surface area (Å²) in [5.74, 6) is 0.782. The van der Waals surface area contributed by atoms with Crippen LogP contribution in [0.5, 0.6) is 0 Å². The lowest BCUT2D eigenvalue weighted by atomic mass is 10.1. The molecule has 15 heavy (non-hydrogen) atoms. The van der Waals surface area contributed by atoms with Crippen molar-refractivity contribution in [1.29, 1.82) is 0 Å². The van der Waals surface area contributed by atoms with Crippen molar-refractivity contribution in [1.82, 2.24) is 0 Å². The summed E-state index contributed by atoms with van der Waals surface area (Å²) in [6, 6.07) is 0. The van der Waals surface area contributed by atoms with Gasteiger partial charge >= 0.3 is 0 Å². The van der Waals surface area contributed by atoms with Crippen LogP contribution in [-0.4, -0.2) is 24.9 Å². The Morgan fingerprint density at radius 1 is 1.20 bits per heavy atom. The molecular weight excluding hydrogens is 212 g/mol. The largest absolute Gasteiger partial charge is 0.353 e. The van der Waals surface area contributed by atoms with Crippen molar-refractivity contribution in [3.8, 4) is 0 Å². The molecule has 0 N–H and O–H groups in total. The van der Waals surface area contributed by atoms with Crippen molar-refractivity contribution in [2.24, 2.45) is 0 Å². The SMILES string of the molecule is CC1CCCC(OCCCCCCCl)O1. The van der Waals surface area contributed by atoms with Crippen LogP contribution in [0.25, 0.3) is 0 Å². The number of rotatable bonds is 7. The molecule has 0 aromatic heterocycles. The summed E-state index contributed by atoms with van der Waals surface area (Å²) in [7, 11) is 0. The summed E-state index contributed by atoms with van der Waals surface area (Å²) >= 11 is 5.60. The van der Waals surface area contributed by atoms with E-state index < -0.39 is 0 Å². The molecule has 90 valence electrons. The second kappa shape index (κ2) is 8.37.